The van der Waals surface area contributed by atoms with Gasteiger partial charge in [-0.1, -0.05) is 0 Å². The van der Waals surface area contributed by atoms with Gasteiger partial charge >= 0.3 is 0 Å². The quantitative estimate of drug-likeness (QED) is 0.829. The molecule has 88 valence electrons. The van der Waals surface area contributed by atoms with Crippen LogP contribution in [0.1, 0.15) is 6.92 Å². The Labute approximate surface area is 95.2 Å². The summed E-state index contributed by atoms with van der Waals surface area (Å²) in [6.45, 7) is 2.46. The topological polar surface area (TPSA) is 74.4 Å². The summed E-state index contributed by atoms with van der Waals surface area (Å²) in [6.07, 6.45) is 1.71. The summed E-state index contributed by atoms with van der Waals surface area (Å²) in [5.41, 5.74) is 10.8. The molecule has 0 saturated heterocycles. The molecular weight excluding hydrogens is 204 g/mol. The highest BCUT2D eigenvalue weighted by molar-refractivity contribution is 5.78. The van der Waals surface area contributed by atoms with E-state index in [1.807, 2.05) is 31.2 Å². The molecule has 4 nitrogen and oxygen atoms in total. The van der Waals surface area contributed by atoms with Crippen LogP contribution in [0.5, 0.6) is 5.75 Å². The fourth-order valence-electron chi connectivity index (χ4n) is 1.30. The number of fused-ring (bicyclic) bond motifs is 1. The van der Waals surface area contributed by atoms with Gasteiger partial charge in [0, 0.05) is 11.9 Å². The molecule has 0 aliphatic rings. The van der Waals surface area contributed by atoms with Gasteiger partial charge in [0.1, 0.15) is 17.4 Å². The third-order valence-electron chi connectivity index (χ3n) is 2.09. The fraction of sp³-hybridized carbons (Fsp3) is 0.333. The minimum absolute atomic E-state index is 0.0411. The van der Waals surface area contributed by atoms with E-state index in [1.54, 1.807) is 6.26 Å². The molecule has 4 heteroatoms. The molecule has 0 radical (unpaired) electrons. The first-order valence-corrected chi connectivity index (χ1v) is 5.21. The Kier molecular flexibility index (Phi) is 4.82. The van der Waals surface area contributed by atoms with Gasteiger partial charge in [0.2, 0.25) is 0 Å². The monoisotopic (exact) mass is 222 g/mol. The SMILES string of the molecule is CC(CN)Oc1ccc2occc2c1.CN. The molecule has 0 saturated carbocycles. The van der Waals surface area contributed by atoms with E-state index in [-0.39, 0.29) is 6.10 Å². The molecule has 0 aliphatic carbocycles. The molecule has 2 aromatic rings. The number of benzene rings is 1. The van der Waals surface area contributed by atoms with Crippen molar-refractivity contribution in [2.75, 3.05) is 13.6 Å². The third kappa shape index (κ3) is 2.98. The van der Waals surface area contributed by atoms with Crippen LogP contribution >= 0.6 is 0 Å². The average Bonchev–Trinajstić information content (AvgIpc) is 2.79. The Morgan fingerprint density at radius 1 is 1.31 bits per heavy atom. The van der Waals surface area contributed by atoms with Crippen LogP contribution < -0.4 is 16.2 Å². The molecule has 1 unspecified atom stereocenters. The Balaban J connectivity index is 0.000000606. The summed E-state index contributed by atoms with van der Waals surface area (Å²) < 4.78 is 10.8. The third-order valence-corrected chi connectivity index (χ3v) is 2.09. The molecule has 0 aliphatic heterocycles. The molecule has 0 spiro atoms. The lowest BCUT2D eigenvalue weighted by Gasteiger charge is -2.11. The van der Waals surface area contributed by atoms with Crippen molar-refractivity contribution in [1.82, 2.24) is 0 Å². The standard InChI is InChI=1S/C11H13NO2.CH5N/c1-8(7-12)14-10-2-3-11-9(6-10)4-5-13-11;1-2/h2-6,8H,7,12H2,1H3;2H2,1H3. The minimum atomic E-state index is 0.0411. The van der Waals surface area contributed by atoms with E-state index < -0.39 is 0 Å². The number of furan rings is 1. The molecule has 0 amide bonds. The highest BCUT2D eigenvalue weighted by atomic mass is 16.5. The maximum atomic E-state index is 5.57. The van der Waals surface area contributed by atoms with E-state index in [2.05, 4.69) is 5.73 Å². The summed E-state index contributed by atoms with van der Waals surface area (Å²) in [4.78, 5) is 0. The number of hydrogen-bond donors (Lipinski definition) is 2. The molecule has 0 fully saturated rings. The van der Waals surface area contributed by atoms with Crippen LogP contribution in [0.3, 0.4) is 0 Å². The second-order valence-corrected chi connectivity index (χ2v) is 3.28. The lowest BCUT2D eigenvalue weighted by Crippen LogP contribution is -2.22. The Morgan fingerprint density at radius 3 is 2.75 bits per heavy atom. The van der Waals surface area contributed by atoms with Gasteiger partial charge in [-0.05, 0) is 38.2 Å². The van der Waals surface area contributed by atoms with Crippen LogP contribution in [-0.4, -0.2) is 19.7 Å². The molecule has 1 aromatic heterocycles. The van der Waals surface area contributed by atoms with Crippen molar-refractivity contribution in [3.05, 3.63) is 30.5 Å². The zero-order valence-corrected chi connectivity index (χ0v) is 9.64. The van der Waals surface area contributed by atoms with Gasteiger partial charge in [-0.25, -0.2) is 0 Å². The molecular formula is C12H18N2O2. The van der Waals surface area contributed by atoms with E-state index in [0.717, 1.165) is 16.7 Å². The molecule has 1 heterocycles. The summed E-state index contributed by atoms with van der Waals surface area (Å²) in [7, 11) is 1.50. The normalized spacial score (nSPS) is 11.8. The highest BCUT2D eigenvalue weighted by Gasteiger charge is 2.03. The summed E-state index contributed by atoms with van der Waals surface area (Å²) in [5, 5.41) is 1.05. The van der Waals surface area contributed by atoms with E-state index >= 15 is 0 Å². The number of nitrogens with two attached hydrogens (primary N) is 2. The van der Waals surface area contributed by atoms with Crippen LogP contribution in [0.4, 0.5) is 0 Å². The predicted octanol–water partition coefficient (Wildman–Crippen LogP) is 1.73. The van der Waals surface area contributed by atoms with Crippen molar-refractivity contribution in [3.8, 4) is 5.75 Å². The smallest absolute Gasteiger partial charge is 0.134 e. The fourth-order valence-corrected chi connectivity index (χ4v) is 1.30. The van der Waals surface area contributed by atoms with E-state index in [9.17, 15) is 0 Å². The first-order valence-electron chi connectivity index (χ1n) is 5.21. The van der Waals surface area contributed by atoms with E-state index in [1.165, 1.54) is 7.05 Å². The van der Waals surface area contributed by atoms with Crippen molar-refractivity contribution < 1.29 is 9.15 Å². The van der Waals surface area contributed by atoms with Crippen molar-refractivity contribution in [2.45, 2.75) is 13.0 Å². The minimum Gasteiger partial charge on any atom is -0.489 e. The van der Waals surface area contributed by atoms with Crippen molar-refractivity contribution >= 4 is 11.0 Å². The van der Waals surface area contributed by atoms with Gasteiger partial charge in [0.25, 0.3) is 0 Å². The zero-order chi connectivity index (χ0) is 12.0. The Bertz CT molecular complexity index is 426. The van der Waals surface area contributed by atoms with Crippen molar-refractivity contribution in [2.24, 2.45) is 11.5 Å². The van der Waals surface area contributed by atoms with Gasteiger partial charge < -0.3 is 20.6 Å². The number of ether oxygens (including phenoxy) is 1. The van der Waals surface area contributed by atoms with Gasteiger partial charge in [-0.15, -0.1) is 0 Å². The molecule has 16 heavy (non-hydrogen) atoms. The van der Waals surface area contributed by atoms with E-state index in [0.29, 0.717) is 6.54 Å². The first kappa shape index (κ1) is 12.5. The maximum Gasteiger partial charge on any atom is 0.134 e. The molecule has 0 bridgehead atoms. The van der Waals surface area contributed by atoms with Crippen LogP contribution in [-0.2, 0) is 0 Å². The summed E-state index contributed by atoms with van der Waals surface area (Å²) in [6, 6.07) is 7.65. The first-order chi connectivity index (χ1) is 7.79. The largest absolute Gasteiger partial charge is 0.489 e. The van der Waals surface area contributed by atoms with Crippen LogP contribution in [0.25, 0.3) is 11.0 Å². The maximum absolute atomic E-state index is 5.57. The Hall–Kier alpha value is -1.52. The van der Waals surface area contributed by atoms with Crippen LogP contribution in [0.2, 0.25) is 0 Å². The molecule has 4 N–H and O–H groups in total. The summed E-state index contributed by atoms with van der Waals surface area (Å²) in [5.74, 6) is 0.830. The highest BCUT2D eigenvalue weighted by Crippen LogP contribution is 2.22. The lowest BCUT2D eigenvalue weighted by molar-refractivity contribution is 0.230. The van der Waals surface area contributed by atoms with Crippen LogP contribution in [0, 0.1) is 0 Å². The van der Waals surface area contributed by atoms with Crippen LogP contribution in [0.15, 0.2) is 34.9 Å². The average molecular weight is 222 g/mol. The second-order valence-electron chi connectivity index (χ2n) is 3.28. The van der Waals surface area contributed by atoms with E-state index in [4.69, 9.17) is 14.9 Å². The lowest BCUT2D eigenvalue weighted by atomic mass is 10.2. The second kappa shape index (κ2) is 6.15. The van der Waals surface area contributed by atoms with Crippen molar-refractivity contribution in [1.29, 1.82) is 0 Å². The van der Waals surface area contributed by atoms with Gasteiger partial charge in [0.15, 0.2) is 0 Å². The molecule has 2 rings (SSSR count). The van der Waals surface area contributed by atoms with Crippen molar-refractivity contribution in [3.63, 3.8) is 0 Å². The number of hydrogen-bond acceptors (Lipinski definition) is 4. The zero-order valence-electron chi connectivity index (χ0n) is 9.64. The molecule has 1 atom stereocenters. The summed E-state index contributed by atoms with van der Waals surface area (Å²) >= 11 is 0. The predicted molar refractivity (Wildman–Crippen MR) is 65.5 cm³/mol. The van der Waals surface area contributed by atoms with Gasteiger partial charge in [-0.2, -0.15) is 0 Å². The van der Waals surface area contributed by atoms with Gasteiger partial charge in [-0.3, -0.25) is 0 Å². The van der Waals surface area contributed by atoms with Gasteiger partial charge in [0.05, 0.1) is 6.26 Å². The Morgan fingerprint density at radius 2 is 2.06 bits per heavy atom. The number of rotatable bonds is 3. The molecule has 1 aromatic carbocycles.